The Labute approximate surface area is 182 Å². The lowest BCUT2D eigenvalue weighted by Crippen LogP contribution is -2.02. The zero-order valence-electron chi connectivity index (χ0n) is 19.0. The molecule has 0 saturated heterocycles. The average Bonchev–Trinajstić information content (AvgIpc) is 2.75. The molecule has 0 radical (unpaired) electrons. The molecular formula is C27H40O3. The first kappa shape index (κ1) is 24.2. The van der Waals surface area contributed by atoms with Crippen molar-refractivity contribution in [1.29, 1.82) is 0 Å². The maximum Gasteiger partial charge on any atom is 0.165 e. The number of ketones is 1. The fourth-order valence-electron chi connectivity index (χ4n) is 4.27. The first-order chi connectivity index (χ1) is 14.6. The summed E-state index contributed by atoms with van der Waals surface area (Å²) in [4.78, 5) is 13.0. The van der Waals surface area contributed by atoms with E-state index >= 15 is 0 Å². The van der Waals surface area contributed by atoms with E-state index in [0.29, 0.717) is 17.4 Å². The van der Waals surface area contributed by atoms with Crippen LogP contribution >= 0.6 is 0 Å². The molecule has 0 aromatic heterocycles. The Bertz CT molecular complexity index is 794. The highest BCUT2D eigenvalue weighted by Gasteiger charge is 2.17. The highest BCUT2D eigenvalue weighted by molar-refractivity contribution is 6.11. The van der Waals surface area contributed by atoms with Crippen LogP contribution in [0, 0.1) is 0 Å². The summed E-state index contributed by atoms with van der Waals surface area (Å²) in [6.07, 6.45) is 15.7. The van der Waals surface area contributed by atoms with Gasteiger partial charge in [-0.2, -0.15) is 0 Å². The molecule has 2 aromatic rings. The van der Waals surface area contributed by atoms with Crippen LogP contribution in [0.5, 0.6) is 11.5 Å². The highest BCUT2D eigenvalue weighted by Crippen LogP contribution is 2.38. The Kier molecular flexibility index (Phi) is 10.8. The maximum atomic E-state index is 13.0. The number of phenolic OH excluding ortho intramolecular Hbond substituents is 2. The molecule has 0 bridgehead atoms. The van der Waals surface area contributed by atoms with E-state index in [1.54, 1.807) is 18.2 Å². The van der Waals surface area contributed by atoms with E-state index in [1.807, 2.05) is 6.07 Å². The molecule has 3 heteroatoms. The topological polar surface area (TPSA) is 57.5 Å². The summed E-state index contributed by atoms with van der Waals surface area (Å²) >= 11 is 0. The normalized spacial score (nSPS) is 11.3. The Morgan fingerprint density at radius 3 is 2.07 bits per heavy atom. The van der Waals surface area contributed by atoms with Crippen molar-refractivity contribution in [2.75, 3.05) is 0 Å². The third-order valence-corrected chi connectivity index (χ3v) is 6.05. The summed E-state index contributed by atoms with van der Waals surface area (Å²) < 4.78 is 0. The zero-order valence-corrected chi connectivity index (χ0v) is 19.0. The molecular weight excluding hydrogens is 372 g/mol. The molecule has 2 aromatic carbocycles. The lowest BCUT2D eigenvalue weighted by atomic mass is 9.91. The minimum absolute atomic E-state index is 0.0995. The summed E-state index contributed by atoms with van der Waals surface area (Å²) in [5.41, 5.74) is 1.65. The van der Waals surface area contributed by atoms with Crippen molar-refractivity contribution in [2.24, 2.45) is 0 Å². The van der Waals surface area contributed by atoms with Crippen LogP contribution < -0.4 is 0 Å². The number of rotatable bonds is 15. The first-order valence-corrected chi connectivity index (χ1v) is 12.1. The molecule has 0 aliphatic heterocycles. The summed E-state index contributed by atoms with van der Waals surface area (Å²) in [6, 6.07) is 7.12. The molecule has 0 aliphatic rings. The summed E-state index contributed by atoms with van der Waals surface area (Å²) in [5.74, 6) is -0.0788. The number of phenols is 2. The van der Waals surface area contributed by atoms with E-state index in [9.17, 15) is 15.0 Å². The minimum Gasteiger partial charge on any atom is -0.504 e. The molecule has 0 atom stereocenters. The molecule has 0 fully saturated rings. The van der Waals surface area contributed by atoms with Gasteiger partial charge in [-0.1, -0.05) is 96.3 Å². The number of benzene rings is 2. The predicted molar refractivity (Wildman–Crippen MR) is 127 cm³/mol. The van der Waals surface area contributed by atoms with Crippen molar-refractivity contribution in [2.45, 2.75) is 104 Å². The second-order valence-corrected chi connectivity index (χ2v) is 8.59. The molecule has 166 valence electrons. The van der Waals surface area contributed by atoms with E-state index in [-0.39, 0.29) is 17.3 Å². The van der Waals surface area contributed by atoms with Crippen LogP contribution in [0.4, 0.5) is 0 Å². The van der Waals surface area contributed by atoms with Crippen molar-refractivity contribution >= 4 is 16.6 Å². The number of hydrogen-bond acceptors (Lipinski definition) is 3. The number of hydrogen-bond donors (Lipinski definition) is 2. The third kappa shape index (κ3) is 7.04. The Balaban J connectivity index is 2.00. The van der Waals surface area contributed by atoms with E-state index in [1.165, 1.54) is 44.9 Å². The smallest absolute Gasteiger partial charge is 0.165 e. The monoisotopic (exact) mass is 412 g/mol. The number of fused-ring (bicyclic) bond motifs is 1. The zero-order chi connectivity index (χ0) is 21.8. The molecule has 0 spiro atoms. The van der Waals surface area contributed by atoms with E-state index in [4.69, 9.17) is 0 Å². The Morgan fingerprint density at radius 1 is 0.800 bits per heavy atom. The summed E-state index contributed by atoms with van der Waals surface area (Å²) in [5, 5.41) is 21.9. The molecule has 0 saturated carbocycles. The lowest BCUT2D eigenvalue weighted by Gasteiger charge is -2.14. The second kappa shape index (κ2) is 13.3. The van der Waals surface area contributed by atoms with Gasteiger partial charge < -0.3 is 10.2 Å². The molecule has 2 rings (SSSR count). The fraction of sp³-hybridized carbons (Fsp3) is 0.593. The molecule has 3 nitrogen and oxygen atoms in total. The minimum atomic E-state index is -0.123. The predicted octanol–water partition coefficient (Wildman–Crippen LogP) is 8.09. The van der Waals surface area contributed by atoms with Crippen LogP contribution in [0.2, 0.25) is 0 Å². The van der Waals surface area contributed by atoms with Gasteiger partial charge in [0.15, 0.2) is 17.3 Å². The average molecular weight is 413 g/mol. The van der Waals surface area contributed by atoms with Crippen molar-refractivity contribution in [1.82, 2.24) is 0 Å². The van der Waals surface area contributed by atoms with Gasteiger partial charge in [0.2, 0.25) is 0 Å². The van der Waals surface area contributed by atoms with Gasteiger partial charge in [0.1, 0.15) is 0 Å². The van der Waals surface area contributed by atoms with Crippen LogP contribution in [-0.4, -0.2) is 16.0 Å². The number of aromatic hydroxyl groups is 2. The Hall–Kier alpha value is -2.03. The van der Waals surface area contributed by atoms with Gasteiger partial charge in [-0.15, -0.1) is 0 Å². The number of unbranched alkanes of at least 4 members (excludes halogenated alkanes) is 10. The van der Waals surface area contributed by atoms with Crippen LogP contribution in [0.1, 0.15) is 113 Å². The quantitative estimate of drug-likeness (QED) is 0.176. The second-order valence-electron chi connectivity index (χ2n) is 8.59. The van der Waals surface area contributed by atoms with Gasteiger partial charge in [0.25, 0.3) is 0 Å². The Morgan fingerprint density at radius 2 is 1.40 bits per heavy atom. The number of carbonyl (C=O) groups is 1. The van der Waals surface area contributed by atoms with Crippen LogP contribution in [0.25, 0.3) is 10.8 Å². The third-order valence-electron chi connectivity index (χ3n) is 6.05. The van der Waals surface area contributed by atoms with E-state index < -0.39 is 0 Å². The molecule has 0 aliphatic carbocycles. The number of carbonyl (C=O) groups excluding carboxylic acids is 1. The van der Waals surface area contributed by atoms with Crippen LogP contribution in [0.3, 0.4) is 0 Å². The summed E-state index contributed by atoms with van der Waals surface area (Å²) in [7, 11) is 0. The molecule has 2 N–H and O–H groups in total. The fourth-order valence-corrected chi connectivity index (χ4v) is 4.27. The lowest BCUT2D eigenvalue weighted by molar-refractivity contribution is 0.0980. The molecule has 0 unspecified atom stereocenters. The van der Waals surface area contributed by atoms with Gasteiger partial charge in [-0.05, 0) is 36.3 Å². The maximum absolute atomic E-state index is 13.0. The SMILES string of the molecule is CCCCCCCCCCCC(=O)c1cccc2c(O)c(O)cc(CCCCC)c12. The van der Waals surface area contributed by atoms with Gasteiger partial charge in [-0.25, -0.2) is 0 Å². The molecule has 0 amide bonds. The molecule has 30 heavy (non-hydrogen) atoms. The van der Waals surface area contributed by atoms with Gasteiger partial charge >= 0.3 is 0 Å². The number of aryl methyl sites for hydroxylation is 1. The van der Waals surface area contributed by atoms with Gasteiger partial charge in [-0.3, -0.25) is 4.79 Å². The van der Waals surface area contributed by atoms with E-state index in [0.717, 1.165) is 49.5 Å². The van der Waals surface area contributed by atoms with Crippen molar-refractivity contribution < 1.29 is 15.0 Å². The van der Waals surface area contributed by atoms with Gasteiger partial charge in [0.05, 0.1) is 0 Å². The van der Waals surface area contributed by atoms with Gasteiger partial charge in [0, 0.05) is 17.4 Å². The highest BCUT2D eigenvalue weighted by atomic mass is 16.3. The largest absolute Gasteiger partial charge is 0.504 e. The summed E-state index contributed by atoms with van der Waals surface area (Å²) in [6.45, 7) is 4.40. The first-order valence-electron chi connectivity index (χ1n) is 12.1. The van der Waals surface area contributed by atoms with Crippen LogP contribution in [-0.2, 0) is 6.42 Å². The molecule has 0 heterocycles. The van der Waals surface area contributed by atoms with Crippen molar-refractivity contribution in [3.8, 4) is 11.5 Å². The van der Waals surface area contributed by atoms with Crippen molar-refractivity contribution in [3.63, 3.8) is 0 Å². The standard InChI is InChI=1S/C27H40O3/c1-3-5-7-8-9-10-11-12-14-19-24(28)22-17-15-18-23-26(22)21(16-13-6-4-2)20-25(29)27(23)30/h15,17-18,20,29-30H,3-14,16,19H2,1-2H3. The van der Waals surface area contributed by atoms with Crippen molar-refractivity contribution in [3.05, 3.63) is 35.4 Å². The number of Topliss-reactive ketones (excluding diaryl/α,β-unsaturated/α-hetero) is 1. The van der Waals surface area contributed by atoms with E-state index in [2.05, 4.69) is 13.8 Å². The van der Waals surface area contributed by atoms with Crippen LogP contribution in [0.15, 0.2) is 24.3 Å².